The summed E-state index contributed by atoms with van der Waals surface area (Å²) in [7, 11) is 0. The van der Waals surface area contributed by atoms with E-state index in [9.17, 15) is 9.18 Å². The Morgan fingerprint density at radius 2 is 1.85 bits per heavy atom. The van der Waals surface area contributed by atoms with Gasteiger partial charge in [0.05, 0.1) is 27.5 Å². The zero-order valence-corrected chi connectivity index (χ0v) is 20.4. The van der Waals surface area contributed by atoms with Crippen LogP contribution >= 0.6 is 35.0 Å². The van der Waals surface area contributed by atoms with Gasteiger partial charge in [-0.3, -0.25) is 14.3 Å². The van der Waals surface area contributed by atoms with Gasteiger partial charge in [-0.05, 0) is 69.3 Å². The molecule has 4 rings (SSSR count). The number of amides is 1. The van der Waals surface area contributed by atoms with Gasteiger partial charge in [0.15, 0.2) is 11.0 Å². The van der Waals surface area contributed by atoms with Gasteiger partial charge in [-0.15, -0.1) is 10.2 Å². The van der Waals surface area contributed by atoms with E-state index < -0.39 is 0 Å². The van der Waals surface area contributed by atoms with Crippen molar-refractivity contribution in [1.29, 1.82) is 0 Å². The predicted octanol–water partition coefficient (Wildman–Crippen LogP) is 5.99. The number of likely N-dealkylation sites (tertiary alicyclic amines) is 1. The van der Waals surface area contributed by atoms with Crippen molar-refractivity contribution < 1.29 is 9.18 Å². The highest BCUT2D eigenvalue weighted by Gasteiger charge is 2.26. The Morgan fingerprint density at radius 1 is 1.12 bits per heavy atom. The van der Waals surface area contributed by atoms with Crippen LogP contribution in [0.1, 0.15) is 38.1 Å². The highest BCUT2D eigenvalue weighted by Crippen LogP contribution is 2.31. The van der Waals surface area contributed by atoms with Crippen molar-refractivity contribution in [3.8, 4) is 5.69 Å². The first-order valence-electron chi connectivity index (χ1n) is 10.8. The molecule has 1 aromatic heterocycles. The molecule has 1 atom stereocenters. The summed E-state index contributed by atoms with van der Waals surface area (Å²) in [5, 5.41) is 12.8. The van der Waals surface area contributed by atoms with Crippen LogP contribution in [0.4, 0.5) is 10.1 Å². The molecule has 0 radical (unpaired) electrons. The van der Waals surface area contributed by atoms with Crippen LogP contribution in [0.3, 0.4) is 0 Å². The van der Waals surface area contributed by atoms with Crippen molar-refractivity contribution in [3.05, 3.63) is 64.2 Å². The van der Waals surface area contributed by atoms with Crippen LogP contribution in [0, 0.1) is 5.82 Å². The molecule has 0 bridgehead atoms. The van der Waals surface area contributed by atoms with E-state index in [-0.39, 0.29) is 23.5 Å². The lowest BCUT2D eigenvalue weighted by Gasteiger charge is -2.31. The number of hydrogen-bond acceptors (Lipinski definition) is 5. The van der Waals surface area contributed by atoms with Gasteiger partial charge in [0.25, 0.3) is 0 Å². The Morgan fingerprint density at radius 3 is 2.58 bits per heavy atom. The first kappa shape index (κ1) is 24.0. The normalized spacial score (nSPS) is 15.4. The molecule has 1 amide bonds. The van der Waals surface area contributed by atoms with E-state index >= 15 is 0 Å². The minimum absolute atomic E-state index is 0.0382. The monoisotopic (exact) mass is 507 g/mol. The molecule has 10 heteroatoms. The molecule has 0 saturated carbocycles. The van der Waals surface area contributed by atoms with Gasteiger partial charge in [0.1, 0.15) is 5.82 Å². The second-order valence-corrected chi connectivity index (χ2v) is 9.59. The third-order valence-electron chi connectivity index (χ3n) is 5.61. The fraction of sp³-hybridized carbons (Fsp3) is 0.348. The lowest BCUT2D eigenvalue weighted by atomic mass is 10.1. The van der Waals surface area contributed by atoms with Gasteiger partial charge >= 0.3 is 0 Å². The topological polar surface area (TPSA) is 63.1 Å². The Kier molecular flexibility index (Phi) is 7.90. The van der Waals surface area contributed by atoms with Crippen LogP contribution in [-0.4, -0.2) is 44.4 Å². The molecule has 6 nitrogen and oxygen atoms in total. The number of carbonyl (C=O) groups excluding carboxylic acids is 1. The molecule has 2 heterocycles. The molecule has 174 valence electrons. The summed E-state index contributed by atoms with van der Waals surface area (Å²) < 4.78 is 15.5. The average Bonchev–Trinajstić information content (AvgIpc) is 3.25. The lowest BCUT2D eigenvalue weighted by molar-refractivity contribution is -0.113. The second-order valence-electron chi connectivity index (χ2n) is 7.86. The van der Waals surface area contributed by atoms with E-state index in [1.165, 1.54) is 30.3 Å². The molecule has 0 spiro atoms. The number of nitrogens with zero attached hydrogens (tertiary/aromatic N) is 4. The average molecular weight is 508 g/mol. The maximum Gasteiger partial charge on any atom is 0.234 e. The number of benzene rings is 2. The van der Waals surface area contributed by atoms with Gasteiger partial charge in [0.2, 0.25) is 5.91 Å². The molecule has 1 unspecified atom stereocenters. The van der Waals surface area contributed by atoms with E-state index in [0.29, 0.717) is 20.9 Å². The van der Waals surface area contributed by atoms with Crippen molar-refractivity contribution in [1.82, 2.24) is 19.7 Å². The van der Waals surface area contributed by atoms with Crippen LogP contribution in [0.25, 0.3) is 5.69 Å². The Bertz CT molecular complexity index is 1120. The summed E-state index contributed by atoms with van der Waals surface area (Å²) >= 11 is 13.5. The number of hydrogen-bond donors (Lipinski definition) is 1. The predicted molar refractivity (Wildman–Crippen MR) is 131 cm³/mol. The van der Waals surface area contributed by atoms with E-state index in [1.54, 1.807) is 30.3 Å². The fourth-order valence-corrected chi connectivity index (χ4v) is 4.97. The van der Waals surface area contributed by atoms with E-state index in [2.05, 4.69) is 27.3 Å². The molecule has 3 aromatic rings. The number of carbonyl (C=O) groups is 1. The van der Waals surface area contributed by atoms with Crippen molar-refractivity contribution >= 4 is 46.6 Å². The van der Waals surface area contributed by atoms with Crippen molar-refractivity contribution in [2.45, 2.75) is 37.4 Å². The standard InChI is InChI=1S/C23H24Cl2FN5OS/c1-15(30-12-3-2-4-13-30)22-28-29-23(31(22)17-10-8-16(26)9-11-17)33-14-20(32)27-19-7-5-6-18(24)21(19)25/h5-11,15H,2-4,12-14H2,1H3,(H,27,32). The quantitative estimate of drug-likeness (QED) is 0.397. The number of rotatable bonds is 7. The maximum absolute atomic E-state index is 13.6. The van der Waals surface area contributed by atoms with Gasteiger partial charge in [0, 0.05) is 5.69 Å². The summed E-state index contributed by atoms with van der Waals surface area (Å²) in [6.45, 7) is 4.11. The van der Waals surface area contributed by atoms with Crippen LogP contribution in [0.15, 0.2) is 47.6 Å². The largest absolute Gasteiger partial charge is 0.324 e. The number of aromatic nitrogens is 3. The minimum Gasteiger partial charge on any atom is -0.324 e. The molecular weight excluding hydrogens is 484 g/mol. The molecule has 1 aliphatic heterocycles. The molecule has 0 aliphatic carbocycles. The Balaban J connectivity index is 1.55. The van der Waals surface area contributed by atoms with Gasteiger partial charge < -0.3 is 5.32 Å². The molecule has 1 saturated heterocycles. The van der Waals surface area contributed by atoms with E-state index in [0.717, 1.165) is 37.4 Å². The van der Waals surface area contributed by atoms with Crippen molar-refractivity contribution in [3.63, 3.8) is 0 Å². The number of thioether (sulfide) groups is 1. The number of halogens is 3. The number of nitrogens with one attached hydrogen (secondary N) is 1. The van der Waals surface area contributed by atoms with Crippen LogP contribution < -0.4 is 5.32 Å². The lowest BCUT2D eigenvalue weighted by Crippen LogP contribution is -2.33. The highest BCUT2D eigenvalue weighted by atomic mass is 35.5. The zero-order valence-electron chi connectivity index (χ0n) is 18.1. The number of piperidine rings is 1. The SMILES string of the molecule is CC(c1nnc(SCC(=O)Nc2cccc(Cl)c2Cl)n1-c1ccc(F)cc1)N1CCCCC1. The number of anilines is 1. The van der Waals surface area contributed by atoms with Gasteiger partial charge in [-0.2, -0.15) is 0 Å². The Hall–Kier alpha value is -2.13. The molecule has 1 aliphatic rings. The van der Waals surface area contributed by atoms with Crippen molar-refractivity contribution in [2.24, 2.45) is 0 Å². The van der Waals surface area contributed by atoms with E-state index in [4.69, 9.17) is 23.2 Å². The van der Waals surface area contributed by atoms with Crippen molar-refractivity contribution in [2.75, 3.05) is 24.2 Å². The third kappa shape index (κ3) is 5.69. The van der Waals surface area contributed by atoms with E-state index in [1.807, 2.05) is 4.57 Å². The first-order valence-corrected chi connectivity index (χ1v) is 12.5. The summed E-state index contributed by atoms with van der Waals surface area (Å²) in [6.07, 6.45) is 3.55. The summed E-state index contributed by atoms with van der Waals surface area (Å²) in [4.78, 5) is 15.0. The molecule has 1 N–H and O–H groups in total. The Labute approximate surface area is 206 Å². The molecular formula is C23H24Cl2FN5OS. The smallest absolute Gasteiger partial charge is 0.234 e. The first-order chi connectivity index (χ1) is 15.9. The highest BCUT2D eigenvalue weighted by molar-refractivity contribution is 7.99. The van der Waals surface area contributed by atoms with Crippen LogP contribution in [-0.2, 0) is 4.79 Å². The summed E-state index contributed by atoms with van der Waals surface area (Å²) in [6, 6.07) is 11.3. The minimum atomic E-state index is -0.315. The molecule has 33 heavy (non-hydrogen) atoms. The zero-order chi connectivity index (χ0) is 23.4. The summed E-state index contributed by atoms with van der Waals surface area (Å²) in [5.41, 5.74) is 1.20. The summed E-state index contributed by atoms with van der Waals surface area (Å²) in [5.74, 6) is 0.303. The third-order valence-corrected chi connectivity index (χ3v) is 7.36. The van der Waals surface area contributed by atoms with Crippen LogP contribution in [0.5, 0.6) is 0 Å². The van der Waals surface area contributed by atoms with Gasteiger partial charge in [-0.25, -0.2) is 4.39 Å². The molecule has 1 fully saturated rings. The molecule has 2 aromatic carbocycles. The van der Waals surface area contributed by atoms with Gasteiger partial charge in [-0.1, -0.05) is 47.5 Å². The fourth-order valence-electron chi connectivity index (χ4n) is 3.86. The second kappa shape index (κ2) is 10.9. The maximum atomic E-state index is 13.6. The van der Waals surface area contributed by atoms with Crippen LogP contribution in [0.2, 0.25) is 10.0 Å².